The minimum atomic E-state index is -2.68. The van der Waals surface area contributed by atoms with Crippen molar-refractivity contribution in [1.82, 2.24) is 0 Å². The summed E-state index contributed by atoms with van der Waals surface area (Å²) in [5.74, 6) is -0.580. The van der Waals surface area contributed by atoms with Crippen molar-refractivity contribution >= 4 is 34.5 Å². The third kappa shape index (κ3) is 3.78. The van der Waals surface area contributed by atoms with Gasteiger partial charge in [0.2, 0.25) is 0 Å². The number of amides is 1. The maximum absolute atomic E-state index is 12.7. The molecule has 0 bridgehead atoms. The topological polar surface area (TPSA) is 44.1 Å². The molecule has 0 spiro atoms. The summed E-state index contributed by atoms with van der Waals surface area (Å²) in [6.07, 6.45) is -2.68. The van der Waals surface area contributed by atoms with Crippen LogP contribution in [0.5, 0.6) is 0 Å². The first-order valence-electron chi connectivity index (χ1n) is 5.85. The van der Waals surface area contributed by atoms with Gasteiger partial charge in [-0.2, -0.15) is 5.26 Å². The summed E-state index contributed by atoms with van der Waals surface area (Å²) in [6, 6.07) is 9.44. The lowest BCUT2D eigenvalue weighted by atomic mass is 10.2. The van der Waals surface area contributed by atoms with Crippen LogP contribution in [0.2, 0.25) is 5.02 Å². The van der Waals surface area contributed by atoms with Crippen molar-refractivity contribution < 1.29 is 13.6 Å². The first kappa shape index (κ1) is 15.4. The van der Waals surface area contributed by atoms with Crippen molar-refractivity contribution in [2.24, 2.45) is 0 Å². The number of anilines is 1. The maximum Gasteiger partial charge on any atom is 0.268 e. The van der Waals surface area contributed by atoms with Crippen LogP contribution in [0.3, 0.4) is 0 Å². The summed E-state index contributed by atoms with van der Waals surface area (Å²) >= 11 is 6.88. The van der Waals surface area contributed by atoms with Crippen molar-refractivity contribution in [3.63, 3.8) is 0 Å². The lowest BCUT2D eigenvalue weighted by Crippen LogP contribution is -2.34. The van der Waals surface area contributed by atoms with Gasteiger partial charge in [-0.3, -0.25) is 4.79 Å². The van der Waals surface area contributed by atoms with Crippen LogP contribution in [-0.2, 0) is 0 Å². The quantitative estimate of drug-likeness (QED) is 0.845. The number of nitriles is 1. The Balaban J connectivity index is 2.36. The fraction of sp³-hybridized carbons (Fsp3) is 0.143. The van der Waals surface area contributed by atoms with Crippen LogP contribution in [-0.4, -0.2) is 18.9 Å². The molecule has 1 amide bonds. The van der Waals surface area contributed by atoms with Gasteiger partial charge in [0.05, 0.1) is 17.0 Å². The normalized spacial score (nSPS) is 10.4. The van der Waals surface area contributed by atoms with Gasteiger partial charge in [0.1, 0.15) is 6.07 Å². The van der Waals surface area contributed by atoms with Gasteiger partial charge in [0.15, 0.2) is 0 Å². The molecule has 7 heteroatoms. The molecule has 21 heavy (non-hydrogen) atoms. The van der Waals surface area contributed by atoms with Crippen molar-refractivity contribution in [3.05, 3.63) is 51.2 Å². The van der Waals surface area contributed by atoms with Crippen LogP contribution in [0.4, 0.5) is 14.5 Å². The van der Waals surface area contributed by atoms with Crippen LogP contribution in [0.1, 0.15) is 15.2 Å². The molecule has 0 fully saturated rings. The van der Waals surface area contributed by atoms with E-state index in [4.69, 9.17) is 16.9 Å². The Morgan fingerprint density at radius 1 is 1.43 bits per heavy atom. The molecule has 2 rings (SSSR count). The van der Waals surface area contributed by atoms with E-state index >= 15 is 0 Å². The molecule has 108 valence electrons. The lowest BCUT2D eigenvalue weighted by Gasteiger charge is -2.22. The molecular formula is C14H9ClF2N2OS. The molecular weight excluding hydrogens is 318 g/mol. The Hall–Kier alpha value is -1.97. The van der Waals surface area contributed by atoms with Gasteiger partial charge < -0.3 is 4.90 Å². The SMILES string of the molecule is N#Cc1csc(C(=O)N(CC(F)F)c2cccc(Cl)c2)c1. The molecule has 1 aromatic heterocycles. The summed E-state index contributed by atoms with van der Waals surface area (Å²) in [6.45, 7) is -0.737. The molecule has 0 saturated heterocycles. The number of alkyl halides is 2. The Bertz CT molecular complexity index is 696. The molecule has 0 atom stereocenters. The number of thiophene rings is 1. The molecule has 0 aliphatic carbocycles. The first-order chi connectivity index (χ1) is 10.0. The number of nitrogens with zero attached hydrogens (tertiary/aromatic N) is 2. The van der Waals surface area contributed by atoms with Crippen LogP contribution >= 0.6 is 22.9 Å². The van der Waals surface area contributed by atoms with Gasteiger partial charge in [-0.25, -0.2) is 8.78 Å². The average Bonchev–Trinajstić information content (AvgIpc) is 2.92. The van der Waals surface area contributed by atoms with Gasteiger partial charge in [-0.1, -0.05) is 17.7 Å². The highest BCUT2D eigenvalue weighted by atomic mass is 35.5. The third-order valence-electron chi connectivity index (χ3n) is 2.62. The second kappa shape index (κ2) is 6.66. The van der Waals surface area contributed by atoms with E-state index in [9.17, 15) is 13.6 Å². The molecule has 0 radical (unpaired) electrons. The highest BCUT2D eigenvalue weighted by Crippen LogP contribution is 2.24. The number of carbonyl (C=O) groups is 1. The summed E-state index contributed by atoms with van der Waals surface area (Å²) < 4.78 is 25.5. The van der Waals surface area contributed by atoms with E-state index in [0.717, 1.165) is 16.2 Å². The molecule has 0 aliphatic rings. The van der Waals surface area contributed by atoms with Crippen LogP contribution in [0, 0.1) is 11.3 Å². The Morgan fingerprint density at radius 2 is 2.19 bits per heavy atom. The monoisotopic (exact) mass is 326 g/mol. The minimum Gasteiger partial charge on any atom is -0.302 e. The van der Waals surface area contributed by atoms with E-state index in [2.05, 4.69) is 0 Å². The number of carbonyl (C=O) groups excluding carboxylic acids is 1. The summed E-state index contributed by atoms with van der Waals surface area (Å²) in [5, 5.41) is 10.6. The molecule has 0 unspecified atom stereocenters. The van der Waals surface area contributed by atoms with Crippen molar-refractivity contribution in [1.29, 1.82) is 5.26 Å². The second-order valence-corrected chi connectivity index (χ2v) is 5.45. The van der Waals surface area contributed by atoms with Gasteiger partial charge in [0.25, 0.3) is 12.3 Å². The van der Waals surface area contributed by atoms with E-state index in [-0.39, 0.29) is 4.88 Å². The molecule has 1 heterocycles. The van der Waals surface area contributed by atoms with Crippen molar-refractivity contribution in [2.45, 2.75) is 6.43 Å². The molecule has 2 aromatic rings. The fourth-order valence-electron chi connectivity index (χ4n) is 1.73. The number of hydrogen-bond donors (Lipinski definition) is 0. The van der Waals surface area contributed by atoms with Gasteiger partial charge >= 0.3 is 0 Å². The smallest absolute Gasteiger partial charge is 0.268 e. The Kier molecular flexibility index (Phi) is 4.89. The maximum atomic E-state index is 12.7. The number of hydrogen-bond acceptors (Lipinski definition) is 3. The van der Waals surface area contributed by atoms with Gasteiger partial charge in [-0.15, -0.1) is 11.3 Å². The van der Waals surface area contributed by atoms with Crippen LogP contribution < -0.4 is 4.90 Å². The fourth-order valence-corrected chi connectivity index (χ4v) is 2.69. The zero-order valence-corrected chi connectivity index (χ0v) is 12.2. The van der Waals surface area contributed by atoms with Crippen LogP contribution in [0.15, 0.2) is 35.7 Å². The Morgan fingerprint density at radius 3 is 2.76 bits per heavy atom. The van der Waals surface area contributed by atoms with Crippen molar-refractivity contribution in [3.8, 4) is 6.07 Å². The van der Waals surface area contributed by atoms with Gasteiger partial charge in [0, 0.05) is 16.1 Å². The standard InChI is InChI=1S/C14H9ClF2N2OS/c15-10-2-1-3-11(5-10)19(7-13(16)17)14(20)12-4-9(6-18)8-21-12/h1-5,8,13H,7H2. The van der Waals surface area contributed by atoms with E-state index in [1.54, 1.807) is 12.1 Å². The summed E-state index contributed by atoms with van der Waals surface area (Å²) in [5.41, 5.74) is 0.617. The number of rotatable bonds is 4. The highest BCUT2D eigenvalue weighted by Gasteiger charge is 2.23. The van der Waals surface area contributed by atoms with Crippen LogP contribution in [0.25, 0.3) is 0 Å². The molecule has 3 nitrogen and oxygen atoms in total. The largest absolute Gasteiger partial charge is 0.302 e. The number of halogens is 3. The number of benzene rings is 1. The van der Waals surface area contributed by atoms with E-state index in [1.165, 1.54) is 23.6 Å². The molecule has 1 aromatic carbocycles. The van der Waals surface area contributed by atoms with Gasteiger partial charge in [-0.05, 0) is 24.3 Å². The van der Waals surface area contributed by atoms with E-state index in [0.29, 0.717) is 16.3 Å². The summed E-state index contributed by atoms with van der Waals surface area (Å²) in [7, 11) is 0. The lowest BCUT2D eigenvalue weighted by molar-refractivity contribution is 0.0949. The third-order valence-corrected chi connectivity index (χ3v) is 3.78. The van der Waals surface area contributed by atoms with E-state index in [1.807, 2.05) is 6.07 Å². The molecule has 0 aliphatic heterocycles. The van der Waals surface area contributed by atoms with Crippen molar-refractivity contribution in [2.75, 3.05) is 11.4 Å². The summed E-state index contributed by atoms with van der Waals surface area (Å²) in [4.78, 5) is 13.6. The Labute approximate surface area is 129 Å². The zero-order chi connectivity index (χ0) is 15.4. The van der Waals surface area contributed by atoms with E-state index < -0.39 is 18.9 Å². The minimum absolute atomic E-state index is 0.229. The zero-order valence-electron chi connectivity index (χ0n) is 10.6. The predicted molar refractivity (Wildman–Crippen MR) is 78.2 cm³/mol. The first-order valence-corrected chi connectivity index (χ1v) is 7.11. The predicted octanol–water partition coefficient (Wildman–Crippen LogP) is 4.19. The molecule has 0 saturated carbocycles. The highest BCUT2D eigenvalue weighted by molar-refractivity contribution is 7.12. The second-order valence-electron chi connectivity index (χ2n) is 4.10. The average molecular weight is 327 g/mol. The molecule has 0 N–H and O–H groups in total.